The van der Waals surface area contributed by atoms with Gasteiger partial charge >= 0.3 is 0 Å². The Morgan fingerprint density at radius 3 is 2.84 bits per heavy atom. The number of hydrogen-bond donors (Lipinski definition) is 1. The Balaban J connectivity index is 2.00. The molecule has 1 aliphatic heterocycles. The first kappa shape index (κ1) is 15.0. The van der Waals surface area contributed by atoms with Gasteiger partial charge < -0.3 is 4.90 Å². The Bertz CT molecular complexity index is 570. The first-order valence-electron chi connectivity index (χ1n) is 5.93. The lowest BCUT2D eigenvalue weighted by Gasteiger charge is -2.21. The molecule has 1 fully saturated rings. The van der Waals surface area contributed by atoms with E-state index in [1.165, 1.54) is 0 Å². The molecule has 5 nitrogen and oxygen atoms in total. The highest BCUT2D eigenvalue weighted by Gasteiger charge is 2.26. The van der Waals surface area contributed by atoms with Gasteiger partial charge in [-0.1, -0.05) is 0 Å². The van der Waals surface area contributed by atoms with Crippen molar-refractivity contribution in [3.05, 3.63) is 15.9 Å². The van der Waals surface area contributed by atoms with Gasteiger partial charge in [-0.25, -0.2) is 13.1 Å². The van der Waals surface area contributed by atoms with Crippen molar-refractivity contribution in [1.82, 2.24) is 9.62 Å². The molecule has 2 rings (SSSR count). The van der Waals surface area contributed by atoms with Crippen LogP contribution in [0, 0.1) is 0 Å². The number of rotatable bonds is 5. The molecule has 1 aromatic heterocycles. The van der Waals surface area contributed by atoms with Crippen LogP contribution < -0.4 is 4.72 Å². The SMILES string of the molecule is CC(CN1CCCC1=O)NS(=O)(=O)c1sccc1Br. The van der Waals surface area contributed by atoms with Crippen LogP contribution in [0.4, 0.5) is 0 Å². The molecule has 0 saturated carbocycles. The molecule has 19 heavy (non-hydrogen) atoms. The summed E-state index contributed by atoms with van der Waals surface area (Å²) in [6.45, 7) is 2.90. The molecule has 8 heteroatoms. The fourth-order valence-electron chi connectivity index (χ4n) is 2.05. The van der Waals surface area contributed by atoms with E-state index in [1.807, 2.05) is 0 Å². The normalized spacial score (nSPS) is 18.0. The number of carbonyl (C=O) groups is 1. The third-order valence-corrected chi connectivity index (χ3v) is 7.11. The molecule has 1 aliphatic rings. The van der Waals surface area contributed by atoms with Gasteiger partial charge in [0.15, 0.2) is 0 Å². The average Bonchev–Trinajstić information content (AvgIpc) is 2.88. The zero-order valence-electron chi connectivity index (χ0n) is 10.4. The van der Waals surface area contributed by atoms with Crippen LogP contribution >= 0.6 is 27.3 Å². The van der Waals surface area contributed by atoms with Crippen LogP contribution in [-0.4, -0.2) is 38.4 Å². The second kappa shape index (κ2) is 5.90. The van der Waals surface area contributed by atoms with Crippen molar-refractivity contribution < 1.29 is 13.2 Å². The molecular formula is C11H15BrN2O3S2. The first-order valence-corrected chi connectivity index (χ1v) is 9.09. The lowest BCUT2D eigenvalue weighted by molar-refractivity contribution is -0.127. The van der Waals surface area contributed by atoms with Crippen molar-refractivity contribution in [2.45, 2.75) is 30.0 Å². The minimum absolute atomic E-state index is 0.100. The summed E-state index contributed by atoms with van der Waals surface area (Å²) in [6.07, 6.45) is 1.42. The third-order valence-electron chi connectivity index (χ3n) is 2.85. The standard InChI is InChI=1S/C11H15BrN2O3S2/c1-8(7-14-5-2-3-10(14)15)13-19(16,17)11-9(12)4-6-18-11/h4,6,8,13H,2-3,5,7H2,1H3. The molecule has 1 amide bonds. The topological polar surface area (TPSA) is 66.5 Å². The van der Waals surface area contributed by atoms with E-state index in [0.29, 0.717) is 24.0 Å². The molecule has 1 aromatic rings. The summed E-state index contributed by atoms with van der Waals surface area (Å²) in [5.74, 6) is 0.100. The maximum absolute atomic E-state index is 12.1. The molecule has 1 N–H and O–H groups in total. The highest BCUT2D eigenvalue weighted by atomic mass is 79.9. The number of halogens is 1. The zero-order chi connectivity index (χ0) is 14.0. The number of thiophene rings is 1. The maximum atomic E-state index is 12.1. The molecule has 0 radical (unpaired) electrons. The number of sulfonamides is 1. The van der Waals surface area contributed by atoms with Crippen LogP contribution in [0.3, 0.4) is 0 Å². The minimum atomic E-state index is -3.52. The van der Waals surface area contributed by atoms with Crippen molar-refractivity contribution in [3.63, 3.8) is 0 Å². The average molecular weight is 367 g/mol. The predicted octanol–water partition coefficient (Wildman–Crippen LogP) is 1.80. The third kappa shape index (κ3) is 3.56. The molecule has 0 bridgehead atoms. The van der Waals surface area contributed by atoms with Crippen LogP contribution in [0.15, 0.2) is 20.1 Å². The largest absolute Gasteiger partial charge is 0.341 e. The Morgan fingerprint density at radius 2 is 2.32 bits per heavy atom. The highest BCUT2D eigenvalue weighted by molar-refractivity contribution is 9.10. The van der Waals surface area contributed by atoms with Gasteiger partial charge in [-0.05, 0) is 40.7 Å². The number of hydrogen-bond acceptors (Lipinski definition) is 4. The number of amides is 1. The summed E-state index contributed by atoms with van der Waals surface area (Å²) >= 11 is 4.38. The lowest BCUT2D eigenvalue weighted by atomic mass is 10.3. The molecule has 0 aliphatic carbocycles. The van der Waals surface area contributed by atoms with Crippen LogP contribution in [0.5, 0.6) is 0 Å². The van der Waals surface area contributed by atoms with E-state index in [-0.39, 0.29) is 16.2 Å². The van der Waals surface area contributed by atoms with Crippen molar-refractivity contribution in [3.8, 4) is 0 Å². The predicted molar refractivity (Wildman–Crippen MR) is 77.6 cm³/mol. The second-order valence-corrected chi connectivity index (χ2v) is 8.20. The zero-order valence-corrected chi connectivity index (χ0v) is 13.6. The fourth-order valence-corrected chi connectivity index (χ4v) is 5.64. The molecule has 0 spiro atoms. The van der Waals surface area contributed by atoms with Crippen LogP contribution in [0.2, 0.25) is 0 Å². The van der Waals surface area contributed by atoms with Gasteiger partial charge in [0.05, 0.1) is 0 Å². The molecule has 0 aromatic carbocycles. The summed E-state index contributed by atoms with van der Waals surface area (Å²) in [5, 5.41) is 1.72. The summed E-state index contributed by atoms with van der Waals surface area (Å²) in [7, 11) is -3.52. The fraction of sp³-hybridized carbons (Fsp3) is 0.545. The van der Waals surface area contributed by atoms with E-state index < -0.39 is 10.0 Å². The number of likely N-dealkylation sites (tertiary alicyclic amines) is 1. The Morgan fingerprint density at radius 1 is 1.58 bits per heavy atom. The van der Waals surface area contributed by atoms with E-state index in [0.717, 1.165) is 17.8 Å². The molecule has 1 atom stereocenters. The van der Waals surface area contributed by atoms with Gasteiger partial charge in [0.25, 0.3) is 10.0 Å². The highest BCUT2D eigenvalue weighted by Crippen LogP contribution is 2.27. The van der Waals surface area contributed by atoms with E-state index in [4.69, 9.17) is 0 Å². The smallest absolute Gasteiger partial charge is 0.251 e. The van der Waals surface area contributed by atoms with Gasteiger partial charge in [-0.3, -0.25) is 4.79 Å². The molecule has 1 saturated heterocycles. The molecule has 2 heterocycles. The van der Waals surface area contributed by atoms with E-state index >= 15 is 0 Å². The summed E-state index contributed by atoms with van der Waals surface area (Å²) in [4.78, 5) is 13.2. The van der Waals surface area contributed by atoms with Crippen LogP contribution in [-0.2, 0) is 14.8 Å². The van der Waals surface area contributed by atoms with Crippen LogP contribution in [0.1, 0.15) is 19.8 Å². The summed E-state index contributed by atoms with van der Waals surface area (Å²) < 4.78 is 27.7. The summed E-state index contributed by atoms with van der Waals surface area (Å²) in [5.41, 5.74) is 0. The minimum Gasteiger partial charge on any atom is -0.341 e. The molecular weight excluding hydrogens is 352 g/mol. The van der Waals surface area contributed by atoms with E-state index in [2.05, 4.69) is 20.7 Å². The lowest BCUT2D eigenvalue weighted by Crippen LogP contribution is -2.42. The van der Waals surface area contributed by atoms with Crippen molar-refractivity contribution in [2.75, 3.05) is 13.1 Å². The number of carbonyl (C=O) groups excluding carboxylic acids is 1. The summed E-state index contributed by atoms with van der Waals surface area (Å²) in [6, 6.07) is 1.40. The number of nitrogens with one attached hydrogen (secondary N) is 1. The van der Waals surface area contributed by atoms with Gasteiger partial charge in [0, 0.05) is 30.0 Å². The van der Waals surface area contributed by atoms with Gasteiger partial charge in [0.1, 0.15) is 4.21 Å². The van der Waals surface area contributed by atoms with Crippen LogP contribution in [0.25, 0.3) is 0 Å². The van der Waals surface area contributed by atoms with Crippen molar-refractivity contribution >= 4 is 43.2 Å². The van der Waals surface area contributed by atoms with Gasteiger partial charge in [-0.15, -0.1) is 11.3 Å². The monoisotopic (exact) mass is 366 g/mol. The van der Waals surface area contributed by atoms with E-state index in [9.17, 15) is 13.2 Å². The molecule has 106 valence electrons. The molecule has 1 unspecified atom stereocenters. The van der Waals surface area contributed by atoms with Crippen molar-refractivity contribution in [1.29, 1.82) is 0 Å². The quantitative estimate of drug-likeness (QED) is 0.863. The Labute approximate surface area is 125 Å². The maximum Gasteiger partial charge on any atom is 0.251 e. The first-order chi connectivity index (χ1) is 8.90. The number of nitrogens with zero attached hydrogens (tertiary/aromatic N) is 1. The second-order valence-electron chi connectivity index (χ2n) is 4.52. The van der Waals surface area contributed by atoms with Gasteiger partial charge in [0.2, 0.25) is 5.91 Å². The Hall–Kier alpha value is -0.440. The van der Waals surface area contributed by atoms with Gasteiger partial charge in [-0.2, -0.15) is 0 Å². The Kier molecular flexibility index (Phi) is 4.65. The van der Waals surface area contributed by atoms with E-state index in [1.54, 1.807) is 23.3 Å². The van der Waals surface area contributed by atoms with Crippen molar-refractivity contribution in [2.24, 2.45) is 0 Å².